The molecule has 2 nitrogen and oxygen atoms in total. The summed E-state index contributed by atoms with van der Waals surface area (Å²) in [5.41, 5.74) is -1.17. The van der Waals surface area contributed by atoms with Crippen molar-refractivity contribution in [3.05, 3.63) is 5.92 Å². The zero-order valence-electron chi connectivity index (χ0n) is 9.09. The highest BCUT2D eigenvalue weighted by Gasteiger charge is 2.70. The molecule has 1 saturated carbocycles. The molecule has 2 unspecified atom stereocenters. The Kier molecular flexibility index (Phi) is 2.75. The second kappa shape index (κ2) is 3.25. The Bertz CT molecular complexity index is 185. The lowest BCUT2D eigenvalue weighted by Crippen LogP contribution is -2.20. The van der Waals surface area contributed by atoms with Crippen LogP contribution in [0, 0.1) is 11.3 Å². The predicted octanol–water partition coefficient (Wildman–Crippen LogP) is 1.90. The Labute approximate surface area is 81.0 Å². The molecule has 2 atom stereocenters. The van der Waals surface area contributed by atoms with Gasteiger partial charge in [0.2, 0.25) is 0 Å². The maximum atomic E-state index is 10.1. The summed E-state index contributed by atoms with van der Waals surface area (Å²) in [5.74, 6) is 1.34. The second-order valence-electron chi connectivity index (χ2n) is 4.68. The quantitative estimate of drug-likeness (QED) is 0.702. The monoisotopic (exact) mass is 185 g/mol. The van der Waals surface area contributed by atoms with Crippen molar-refractivity contribution in [2.24, 2.45) is 5.41 Å². The topological polar surface area (TPSA) is 40.5 Å². The van der Waals surface area contributed by atoms with Gasteiger partial charge in [0.15, 0.2) is 0 Å². The molecular weight excluding hydrogens is 164 g/mol. The van der Waals surface area contributed by atoms with Crippen LogP contribution >= 0.6 is 0 Å². The van der Waals surface area contributed by atoms with Gasteiger partial charge >= 0.3 is 0 Å². The van der Waals surface area contributed by atoms with Gasteiger partial charge in [-0.1, -0.05) is 27.7 Å². The third-order valence-electron chi connectivity index (χ3n) is 3.69. The molecule has 1 aliphatic rings. The van der Waals surface area contributed by atoms with E-state index >= 15 is 0 Å². The van der Waals surface area contributed by atoms with Gasteiger partial charge in [0.25, 0.3) is 0 Å². The van der Waals surface area contributed by atoms with Crippen LogP contribution in [0.1, 0.15) is 47.0 Å². The largest absolute Gasteiger partial charge is 0.389 e. The number of hydrogen-bond donors (Lipinski definition) is 2. The summed E-state index contributed by atoms with van der Waals surface area (Å²) in [6, 6.07) is 0. The summed E-state index contributed by atoms with van der Waals surface area (Å²) >= 11 is 0. The highest BCUT2D eigenvalue weighted by molar-refractivity contribution is 5.23. The fraction of sp³-hybridized carbons (Fsp3) is 0.909. The van der Waals surface area contributed by atoms with E-state index in [1.54, 1.807) is 0 Å². The summed E-state index contributed by atoms with van der Waals surface area (Å²) < 4.78 is 0. The van der Waals surface area contributed by atoms with Crippen LogP contribution in [0.4, 0.5) is 0 Å². The third-order valence-corrected chi connectivity index (χ3v) is 3.69. The van der Waals surface area contributed by atoms with E-state index in [4.69, 9.17) is 0 Å². The summed E-state index contributed by atoms with van der Waals surface area (Å²) in [4.78, 5) is 0. The van der Waals surface area contributed by atoms with Crippen LogP contribution in [0.5, 0.6) is 0 Å². The highest BCUT2D eigenvalue weighted by Crippen LogP contribution is 2.59. The Morgan fingerprint density at radius 3 is 1.85 bits per heavy atom. The van der Waals surface area contributed by atoms with Crippen molar-refractivity contribution in [1.82, 2.24) is 0 Å². The molecular formula is C11H21O2. The van der Waals surface area contributed by atoms with E-state index in [9.17, 15) is 10.2 Å². The van der Waals surface area contributed by atoms with Gasteiger partial charge in [-0.2, -0.15) is 0 Å². The van der Waals surface area contributed by atoms with Crippen LogP contribution in [-0.4, -0.2) is 21.9 Å². The van der Waals surface area contributed by atoms with Gasteiger partial charge in [-0.05, 0) is 25.2 Å². The van der Waals surface area contributed by atoms with E-state index < -0.39 is 11.7 Å². The average Bonchev–Trinajstić information content (AvgIpc) is 2.46. The summed E-state index contributed by atoms with van der Waals surface area (Å²) in [5, 5.41) is 19.7. The number of aliphatic hydroxyl groups excluding tert-OH is 1. The highest BCUT2D eigenvalue weighted by atomic mass is 16.4. The number of hydrogen-bond acceptors (Lipinski definition) is 2. The summed E-state index contributed by atoms with van der Waals surface area (Å²) in [7, 11) is 0. The molecule has 0 aliphatic heterocycles. The first kappa shape index (κ1) is 11.0. The van der Waals surface area contributed by atoms with Crippen LogP contribution in [-0.2, 0) is 0 Å². The molecule has 1 fully saturated rings. The Morgan fingerprint density at radius 1 is 1.23 bits per heavy atom. The molecule has 2 heteroatoms. The first-order valence-electron chi connectivity index (χ1n) is 5.14. The maximum absolute atomic E-state index is 10.1. The van der Waals surface area contributed by atoms with Crippen molar-refractivity contribution in [2.45, 2.75) is 58.7 Å². The zero-order chi connectivity index (χ0) is 10.3. The molecule has 2 N–H and O–H groups in total. The van der Waals surface area contributed by atoms with Gasteiger partial charge in [0, 0.05) is 5.41 Å². The molecule has 1 rings (SSSR count). The van der Waals surface area contributed by atoms with E-state index in [0.29, 0.717) is 6.42 Å². The van der Waals surface area contributed by atoms with Gasteiger partial charge < -0.3 is 10.2 Å². The molecule has 0 aromatic carbocycles. The first-order chi connectivity index (χ1) is 5.90. The lowest BCUT2D eigenvalue weighted by atomic mass is 9.91. The molecule has 0 saturated heterocycles. The molecule has 0 heterocycles. The van der Waals surface area contributed by atoms with Gasteiger partial charge in [0.1, 0.15) is 0 Å². The lowest BCUT2D eigenvalue weighted by Gasteiger charge is -2.18. The number of aliphatic hydroxyl groups is 2. The second-order valence-corrected chi connectivity index (χ2v) is 4.68. The molecule has 1 aliphatic carbocycles. The zero-order valence-corrected chi connectivity index (χ0v) is 9.09. The molecule has 0 aromatic heterocycles. The van der Waals surface area contributed by atoms with E-state index in [0.717, 1.165) is 12.8 Å². The van der Waals surface area contributed by atoms with Crippen molar-refractivity contribution < 1.29 is 10.2 Å². The van der Waals surface area contributed by atoms with E-state index in [2.05, 4.69) is 13.8 Å². The van der Waals surface area contributed by atoms with Crippen LogP contribution in [0.3, 0.4) is 0 Å². The van der Waals surface area contributed by atoms with Gasteiger partial charge in [-0.25, -0.2) is 0 Å². The Balaban J connectivity index is 2.55. The first-order valence-corrected chi connectivity index (χ1v) is 5.14. The molecule has 0 bridgehead atoms. The van der Waals surface area contributed by atoms with E-state index in [1.807, 2.05) is 13.8 Å². The molecule has 13 heavy (non-hydrogen) atoms. The van der Waals surface area contributed by atoms with Gasteiger partial charge in [-0.15, -0.1) is 0 Å². The van der Waals surface area contributed by atoms with Crippen LogP contribution in [0.2, 0.25) is 0 Å². The molecule has 77 valence electrons. The van der Waals surface area contributed by atoms with Gasteiger partial charge in [0.05, 0.1) is 11.7 Å². The van der Waals surface area contributed by atoms with Crippen LogP contribution in [0.15, 0.2) is 0 Å². The van der Waals surface area contributed by atoms with Crippen molar-refractivity contribution in [2.75, 3.05) is 0 Å². The Morgan fingerprint density at radius 2 is 1.62 bits per heavy atom. The third kappa shape index (κ3) is 1.50. The van der Waals surface area contributed by atoms with Crippen molar-refractivity contribution in [1.29, 1.82) is 0 Å². The van der Waals surface area contributed by atoms with Crippen molar-refractivity contribution in [3.8, 4) is 0 Å². The summed E-state index contributed by atoms with van der Waals surface area (Å²) in [6.45, 7) is 8.04. The minimum atomic E-state index is -0.853. The minimum absolute atomic E-state index is 0.317. The summed E-state index contributed by atoms with van der Waals surface area (Å²) in [6.07, 6.45) is 2.12. The van der Waals surface area contributed by atoms with Crippen LogP contribution in [0.25, 0.3) is 0 Å². The fourth-order valence-corrected chi connectivity index (χ4v) is 2.01. The predicted molar refractivity (Wildman–Crippen MR) is 53.2 cm³/mol. The van der Waals surface area contributed by atoms with Crippen LogP contribution < -0.4 is 0 Å². The van der Waals surface area contributed by atoms with E-state index in [1.165, 1.54) is 5.92 Å². The van der Waals surface area contributed by atoms with Crippen molar-refractivity contribution >= 4 is 0 Å². The lowest BCUT2D eigenvalue weighted by molar-refractivity contribution is 0.0705. The minimum Gasteiger partial charge on any atom is -0.389 e. The molecule has 1 radical (unpaired) electrons. The maximum Gasteiger partial charge on any atom is 0.0993 e. The Hall–Kier alpha value is -0.0800. The SMILES string of the molecule is CC[C](CC)CC1(O)C(O)C1(C)C. The van der Waals surface area contributed by atoms with Crippen molar-refractivity contribution in [3.63, 3.8) is 0 Å². The average molecular weight is 185 g/mol. The van der Waals surface area contributed by atoms with E-state index in [-0.39, 0.29) is 5.41 Å². The standard InChI is InChI=1S/C11H21O2/c1-5-8(6-2)7-11(13)9(12)10(11,3)4/h9,12-13H,5-7H2,1-4H3. The molecule has 0 aromatic rings. The normalized spacial score (nSPS) is 36.7. The van der Waals surface area contributed by atoms with Gasteiger partial charge in [-0.3, -0.25) is 0 Å². The smallest absolute Gasteiger partial charge is 0.0993 e. The fourth-order valence-electron chi connectivity index (χ4n) is 2.01. The number of rotatable bonds is 4. The molecule has 0 amide bonds. The molecule has 0 spiro atoms.